The first kappa shape index (κ1) is 18.0. The van der Waals surface area contributed by atoms with Gasteiger partial charge in [0, 0.05) is 9.40 Å². The van der Waals surface area contributed by atoms with Gasteiger partial charge in [0.1, 0.15) is 9.79 Å². The Morgan fingerprint density at radius 3 is 1.52 bits per heavy atom. The fraction of sp³-hybridized carbons (Fsp3) is 0.100. The van der Waals surface area contributed by atoms with Crippen molar-refractivity contribution in [2.45, 2.75) is 23.6 Å². The van der Waals surface area contributed by atoms with Crippen molar-refractivity contribution in [2.24, 2.45) is 0 Å². The number of aryl methyl sites for hydroxylation is 2. The molecule has 0 radical (unpaired) electrons. The van der Waals surface area contributed by atoms with E-state index in [1.165, 1.54) is 12.1 Å². The summed E-state index contributed by atoms with van der Waals surface area (Å²) in [6.45, 7) is 3.72. The van der Waals surface area contributed by atoms with Crippen molar-refractivity contribution >= 4 is 52.7 Å². The first-order valence-electron chi connectivity index (χ1n) is 8.11. The fourth-order valence-electron chi connectivity index (χ4n) is 3.03. The molecule has 27 heavy (non-hydrogen) atoms. The van der Waals surface area contributed by atoms with Gasteiger partial charge in [0.2, 0.25) is 9.84 Å². The molecule has 0 amide bonds. The molecule has 0 saturated heterocycles. The second-order valence-electron chi connectivity index (χ2n) is 6.27. The van der Waals surface area contributed by atoms with Crippen LogP contribution in [0, 0.1) is 13.8 Å². The number of sulfone groups is 1. The van der Waals surface area contributed by atoms with E-state index in [0.29, 0.717) is 10.8 Å². The van der Waals surface area contributed by atoms with E-state index in [1.807, 2.05) is 38.1 Å². The first-order chi connectivity index (χ1) is 12.8. The highest BCUT2D eigenvalue weighted by Gasteiger charge is 2.26. The monoisotopic (exact) mass is 414 g/mol. The summed E-state index contributed by atoms with van der Waals surface area (Å²) >= 11 is 1.77. The molecular weight excluding hydrogens is 400 g/mol. The molecule has 0 unspecified atom stereocenters. The van der Waals surface area contributed by atoms with Gasteiger partial charge in [-0.2, -0.15) is 0 Å². The van der Waals surface area contributed by atoms with Crippen LogP contribution in [0.1, 0.15) is 11.1 Å². The molecule has 2 heterocycles. The standard InChI is InChI=1S/C20H14O4S3/c1-11-5-3-7-15-13(11)9-17(19(21)25-15)27(23,24)18-10-14-12(2)6-4-8-16(14)26-20(18)22/h3-10H,1-2H3. The Kier molecular flexibility index (Phi) is 4.25. The number of benzene rings is 2. The van der Waals surface area contributed by atoms with Crippen LogP contribution < -0.4 is 9.48 Å². The predicted molar refractivity (Wildman–Crippen MR) is 111 cm³/mol. The molecule has 4 rings (SSSR count). The van der Waals surface area contributed by atoms with Crippen LogP contribution in [0.2, 0.25) is 0 Å². The van der Waals surface area contributed by atoms with Gasteiger partial charge in [-0.15, -0.1) is 0 Å². The highest BCUT2D eigenvalue weighted by molar-refractivity contribution is 7.91. The third-order valence-electron chi connectivity index (χ3n) is 4.51. The summed E-state index contributed by atoms with van der Waals surface area (Å²) in [4.78, 5) is 24.4. The van der Waals surface area contributed by atoms with Gasteiger partial charge in [-0.25, -0.2) is 8.42 Å². The molecule has 0 aliphatic heterocycles. The second kappa shape index (κ2) is 6.37. The first-order valence-corrected chi connectivity index (χ1v) is 11.2. The average Bonchev–Trinajstić information content (AvgIpc) is 2.61. The maximum Gasteiger partial charge on any atom is 0.251 e. The van der Waals surface area contributed by atoms with Gasteiger partial charge in [0.25, 0.3) is 9.48 Å². The predicted octanol–water partition coefficient (Wildman–Crippen LogP) is 4.29. The van der Waals surface area contributed by atoms with E-state index in [1.54, 1.807) is 12.1 Å². The van der Waals surface area contributed by atoms with Crippen LogP contribution in [-0.4, -0.2) is 8.42 Å². The lowest BCUT2D eigenvalue weighted by atomic mass is 10.1. The van der Waals surface area contributed by atoms with Gasteiger partial charge in [0.05, 0.1) is 0 Å². The van der Waals surface area contributed by atoms with E-state index in [4.69, 9.17) is 0 Å². The summed E-state index contributed by atoms with van der Waals surface area (Å²) in [6.07, 6.45) is 0. The van der Waals surface area contributed by atoms with Gasteiger partial charge in [0.15, 0.2) is 0 Å². The lowest BCUT2D eigenvalue weighted by molar-refractivity contribution is 0.595. The maximum absolute atomic E-state index is 13.2. The van der Waals surface area contributed by atoms with E-state index >= 15 is 0 Å². The summed E-state index contributed by atoms with van der Waals surface area (Å²) in [5.74, 6) is 0. The van der Waals surface area contributed by atoms with Gasteiger partial charge < -0.3 is 0 Å². The highest BCUT2D eigenvalue weighted by Crippen LogP contribution is 2.28. The molecule has 0 saturated carbocycles. The molecule has 0 N–H and O–H groups in total. The van der Waals surface area contributed by atoms with Crippen LogP contribution in [0.25, 0.3) is 20.2 Å². The van der Waals surface area contributed by atoms with Crippen LogP contribution in [0.3, 0.4) is 0 Å². The molecule has 0 atom stereocenters. The average molecular weight is 415 g/mol. The SMILES string of the molecule is Cc1cccc2sc(=O)c(S(=O)(=O)c3cc4c(C)cccc4sc3=O)cc12. The Bertz CT molecular complexity index is 1340. The van der Waals surface area contributed by atoms with Gasteiger partial charge in [-0.1, -0.05) is 46.9 Å². The Labute approximate surface area is 163 Å². The Morgan fingerprint density at radius 2 is 1.11 bits per heavy atom. The zero-order valence-electron chi connectivity index (χ0n) is 14.5. The Balaban J connectivity index is 2.05. The quantitative estimate of drug-likeness (QED) is 0.491. The fourth-order valence-corrected chi connectivity index (χ4v) is 6.83. The van der Waals surface area contributed by atoms with Crippen LogP contribution in [-0.2, 0) is 9.84 Å². The summed E-state index contributed by atoms with van der Waals surface area (Å²) < 4.78 is 26.7. The van der Waals surface area contributed by atoms with E-state index in [-0.39, 0.29) is 9.79 Å². The number of fused-ring (bicyclic) bond motifs is 2. The van der Waals surface area contributed by atoms with Gasteiger partial charge in [-0.05, 0) is 60.0 Å². The van der Waals surface area contributed by atoms with E-state index in [2.05, 4.69) is 0 Å². The minimum atomic E-state index is -4.22. The van der Waals surface area contributed by atoms with Crippen molar-refractivity contribution in [1.29, 1.82) is 0 Å². The molecule has 4 nitrogen and oxygen atoms in total. The normalized spacial score (nSPS) is 11.9. The number of hydrogen-bond donors (Lipinski definition) is 0. The van der Waals surface area contributed by atoms with Crippen molar-refractivity contribution in [1.82, 2.24) is 0 Å². The van der Waals surface area contributed by atoms with E-state index in [0.717, 1.165) is 43.2 Å². The molecule has 7 heteroatoms. The lowest BCUT2D eigenvalue weighted by Crippen LogP contribution is -2.18. The van der Waals surface area contributed by atoms with Crippen molar-refractivity contribution in [2.75, 3.05) is 0 Å². The molecule has 0 spiro atoms. The van der Waals surface area contributed by atoms with E-state index in [9.17, 15) is 18.0 Å². The Hall–Kier alpha value is -2.35. The summed E-state index contributed by atoms with van der Waals surface area (Å²) in [7, 11) is -4.22. The zero-order chi connectivity index (χ0) is 19.3. The van der Waals surface area contributed by atoms with Gasteiger partial charge >= 0.3 is 0 Å². The van der Waals surface area contributed by atoms with Crippen molar-refractivity contribution in [3.05, 3.63) is 78.7 Å². The highest BCUT2D eigenvalue weighted by atomic mass is 32.2. The summed E-state index contributed by atoms with van der Waals surface area (Å²) in [5, 5.41) is 1.41. The molecule has 2 aromatic carbocycles. The minimum absolute atomic E-state index is 0.341. The molecule has 0 fully saturated rings. The van der Waals surface area contributed by atoms with Gasteiger partial charge in [-0.3, -0.25) is 9.59 Å². The third-order valence-corrected chi connectivity index (χ3v) is 8.49. The molecule has 0 bridgehead atoms. The minimum Gasteiger partial charge on any atom is -0.276 e. The molecular formula is C20H14O4S3. The Morgan fingerprint density at radius 1 is 0.704 bits per heavy atom. The van der Waals surface area contributed by atoms with Crippen LogP contribution >= 0.6 is 22.7 Å². The number of hydrogen-bond acceptors (Lipinski definition) is 6. The summed E-state index contributed by atoms with van der Waals surface area (Å²) in [5.41, 5.74) is 1.75. The van der Waals surface area contributed by atoms with Crippen LogP contribution in [0.5, 0.6) is 0 Å². The zero-order valence-corrected chi connectivity index (χ0v) is 16.9. The molecule has 4 aromatic rings. The third kappa shape index (κ3) is 2.92. The smallest absolute Gasteiger partial charge is 0.251 e. The lowest BCUT2D eigenvalue weighted by Gasteiger charge is -2.07. The maximum atomic E-state index is 13.2. The molecule has 0 aliphatic rings. The molecule has 136 valence electrons. The van der Waals surface area contributed by atoms with Crippen LogP contribution in [0.15, 0.2) is 67.9 Å². The van der Waals surface area contributed by atoms with Crippen LogP contribution in [0.4, 0.5) is 0 Å². The number of rotatable bonds is 2. The van der Waals surface area contributed by atoms with Crippen molar-refractivity contribution in [3.8, 4) is 0 Å². The molecule has 0 aliphatic carbocycles. The molecule has 2 aromatic heterocycles. The second-order valence-corrected chi connectivity index (χ2v) is 10.2. The largest absolute Gasteiger partial charge is 0.276 e. The van der Waals surface area contributed by atoms with Crippen molar-refractivity contribution < 1.29 is 8.42 Å². The topological polar surface area (TPSA) is 68.3 Å². The summed E-state index contributed by atoms with van der Waals surface area (Å²) in [6, 6.07) is 13.7. The van der Waals surface area contributed by atoms with E-state index < -0.39 is 19.3 Å². The van der Waals surface area contributed by atoms with Crippen molar-refractivity contribution in [3.63, 3.8) is 0 Å².